The van der Waals surface area contributed by atoms with Crippen molar-refractivity contribution in [1.82, 2.24) is 15.1 Å². The van der Waals surface area contributed by atoms with E-state index in [1.807, 2.05) is 12.1 Å². The molecule has 0 spiro atoms. The Balaban J connectivity index is 1.38. The molecule has 32 heavy (non-hydrogen) atoms. The van der Waals surface area contributed by atoms with E-state index in [1.165, 1.54) is 35.6 Å². The number of nitrogens with zero attached hydrogens (tertiary/aromatic N) is 3. The van der Waals surface area contributed by atoms with Crippen LogP contribution >= 0.6 is 11.3 Å². The number of rotatable bonds is 5. The Labute approximate surface area is 188 Å². The minimum absolute atomic E-state index is 0.00433. The Kier molecular flexibility index (Phi) is 6.60. The third-order valence-corrected chi connectivity index (χ3v) is 6.20. The highest BCUT2D eigenvalue weighted by molar-refractivity contribution is 7.13. The van der Waals surface area contributed by atoms with Crippen LogP contribution in [0.3, 0.4) is 0 Å². The molecule has 4 rings (SSSR count). The van der Waals surface area contributed by atoms with E-state index in [2.05, 4.69) is 20.8 Å². The largest absolute Gasteiger partial charge is 0.497 e. The SMILES string of the molecule is COc1cccc(NC(=O)N2CCC[C@H](c3nnc(C(=O)Nc4ccc(F)cc4)s3)C2)c1. The third-order valence-electron chi connectivity index (χ3n) is 5.12. The minimum Gasteiger partial charge on any atom is -0.497 e. The molecular weight excluding hydrogens is 433 g/mol. The van der Waals surface area contributed by atoms with Crippen molar-refractivity contribution >= 4 is 34.6 Å². The molecule has 2 aromatic carbocycles. The van der Waals surface area contributed by atoms with Gasteiger partial charge in [-0.2, -0.15) is 0 Å². The van der Waals surface area contributed by atoms with Crippen LogP contribution in [0.5, 0.6) is 5.75 Å². The highest BCUT2D eigenvalue weighted by Crippen LogP contribution is 2.30. The maximum absolute atomic E-state index is 13.0. The number of hydrogen-bond donors (Lipinski definition) is 2. The average Bonchev–Trinajstić information content (AvgIpc) is 3.31. The van der Waals surface area contributed by atoms with Gasteiger partial charge in [0.2, 0.25) is 5.01 Å². The van der Waals surface area contributed by atoms with Crippen molar-refractivity contribution in [3.8, 4) is 5.75 Å². The van der Waals surface area contributed by atoms with E-state index in [9.17, 15) is 14.0 Å². The molecule has 0 saturated carbocycles. The maximum Gasteiger partial charge on any atom is 0.321 e. The van der Waals surface area contributed by atoms with Crippen LogP contribution in [0.25, 0.3) is 0 Å². The number of likely N-dealkylation sites (tertiary alicyclic amines) is 1. The molecule has 166 valence electrons. The van der Waals surface area contributed by atoms with E-state index < -0.39 is 5.91 Å². The molecule has 8 nitrogen and oxygen atoms in total. The number of nitrogens with one attached hydrogen (secondary N) is 2. The summed E-state index contributed by atoms with van der Waals surface area (Å²) in [7, 11) is 1.58. The fraction of sp³-hybridized carbons (Fsp3) is 0.273. The zero-order valence-corrected chi connectivity index (χ0v) is 18.2. The number of carbonyl (C=O) groups excluding carboxylic acids is 2. The van der Waals surface area contributed by atoms with Crippen LogP contribution in [0.1, 0.15) is 33.6 Å². The van der Waals surface area contributed by atoms with Gasteiger partial charge in [-0.15, -0.1) is 10.2 Å². The Hall–Kier alpha value is -3.53. The minimum atomic E-state index is -0.399. The first-order valence-corrected chi connectivity index (χ1v) is 10.9. The smallest absolute Gasteiger partial charge is 0.321 e. The molecular formula is C22H22FN5O3S. The number of anilines is 2. The summed E-state index contributed by atoms with van der Waals surface area (Å²) >= 11 is 1.21. The summed E-state index contributed by atoms with van der Waals surface area (Å²) < 4.78 is 18.2. The number of piperidine rings is 1. The number of hydrogen-bond acceptors (Lipinski definition) is 6. The molecule has 3 aromatic rings. The quantitative estimate of drug-likeness (QED) is 0.596. The zero-order valence-electron chi connectivity index (χ0n) is 17.4. The number of methoxy groups -OCH3 is 1. The molecule has 1 atom stereocenters. The first-order chi connectivity index (χ1) is 15.5. The third kappa shape index (κ3) is 5.20. The van der Waals surface area contributed by atoms with Crippen LogP contribution in [0.2, 0.25) is 0 Å². The number of benzene rings is 2. The molecule has 1 saturated heterocycles. The van der Waals surface area contributed by atoms with E-state index in [4.69, 9.17) is 4.74 Å². The number of amides is 3. The summed E-state index contributed by atoms with van der Waals surface area (Å²) in [5.74, 6) is -0.105. The van der Waals surface area contributed by atoms with Crippen molar-refractivity contribution in [3.05, 3.63) is 64.4 Å². The van der Waals surface area contributed by atoms with Gasteiger partial charge in [0, 0.05) is 36.4 Å². The standard InChI is InChI=1S/C22H22FN5O3S/c1-31-18-6-2-5-17(12-18)25-22(30)28-11-3-4-14(13-28)20-26-27-21(32-20)19(29)24-16-9-7-15(23)8-10-16/h2,5-10,12,14H,3-4,11,13H2,1H3,(H,24,29)(H,25,30)/t14-/m0/s1. The monoisotopic (exact) mass is 455 g/mol. The van der Waals surface area contributed by atoms with Crippen molar-refractivity contribution in [2.75, 3.05) is 30.8 Å². The summed E-state index contributed by atoms with van der Waals surface area (Å²) in [5.41, 5.74) is 1.14. The van der Waals surface area contributed by atoms with Gasteiger partial charge in [0.15, 0.2) is 0 Å². The lowest BCUT2D eigenvalue weighted by atomic mass is 9.99. The van der Waals surface area contributed by atoms with Gasteiger partial charge in [0.1, 0.15) is 16.6 Å². The van der Waals surface area contributed by atoms with Crippen LogP contribution in [-0.4, -0.2) is 47.2 Å². The van der Waals surface area contributed by atoms with Gasteiger partial charge in [0.05, 0.1) is 7.11 Å². The highest BCUT2D eigenvalue weighted by Gasteiger charge is 2.28. The van der Waals surface area contributed by atoms with Crippen molar-refractivity contribution in [1.29, 1.82) is 0 Å². The molecule has 1 aromatic heterocycles. The number of carbonyl (C=O) groups is 2. The van der Waals surface area contributed by atoms with E-state index in [1.54, 1.807) is 24.1 Å². The van der Waals surface area contributed by atoms with E-state index in [0.29, 0.717) is 35.2 Å². The Morgan fingerprint density at radius 2 is 1.94 bits per heavy atom. The fourth-order valence-electron chi connectivity index (χ4n) is 3.48. The Morgan fingerprint density at radius 3 is 2.72 bits per heavy atom. The fourth-order valence-corrected chi connectivity index (χ4v) is 4.34. The normalized spacial score (nSPS) is 15.8. The van der Waals surface area contributed by atoms with Crippen molar-refractivity contribution in [2.45, 2.75) is 18.8 Å². The van der Waals surface area contributed by atoms with Gasteiger partial charge in [-0.3, -0.25) is 4.79 Å². The lowest BCUT2D eigenvalue weighted by molar-refractivity contribution is 0.102. The summed E-state index contributed by atoms with van der Waals surface area (Å²) in [4.78, 5) is 26.9. The van der Waals surface area contributed by atoms with Crippen LogP contribution in [0.4, 0.5) is 20.6 Å². The summed E-state index contributed by atoms with van der Waals surface area (Å²) in [5, 5.41) is 14.7. The van der Waals surface area contributed by atoms with Gasteiger partial charge in [-0.1, -0.05) is 17.4 Å². The zero-order chi connectivity index (χ0) is 22.5. The molecule has 2 N–H and O–H groups in total. The van der Waals surface area contributed by atoms with Crippen molar-refractivity contribution in [2.24, 2.45) is 0 Å². The van der Waals surface area contributed by atoms with Crippen LogP contribution in [-0.2, 0) is 0 Å². The Bertz CT molecular complexity index is 1100. The second kappa shape index (κ2) is 9.73. The first kappa shape index (κ1) is 21.7. The van der Waals surface area contributed by atoms with Crippen LogP contribution < -0.4 is 15.4 Å². The first-order valence-electron chi connectivity index (χ1n) is 10.1. The molecule has 3 amide bonds. The van der Waals surface area contributed by atoms with Gasteiger partial charge in [-0.05, 0) is 49.2 Å². The second-order valence-corrected chi connectivity index (χ2v) is 8.36. The summed E-state index contributed by atoms with van der Waals surface area (Å²) in [6.07, 6.45) is 1.68. The molecule has 1 fully saturated rings. The van der Waals surface area contributed by atoms with Gasteiger partial charge >= 0.3 is 6.03 Å². The van der Waals surface area contributed by atoms with E-state index in [-0.39, 0.29) is 22.8 Å². The number of ether oxygens (including phenoxy) is 1. The molecule has 1 aliphatic rings. The summed E-state index contributed by atoms with van der Waals surface area (Å²) in [6.45, 7) is 1.13. The van der Waals surface area contributed by atoms with Crippen molar-refractivity contribution < 1.29 is 18.7 Å². The van der Waals surface area contributed by atoms with Crippen LogP contribution in [0, 0.1) is 5.82 Å². The Morgan fingerprint density at radius 1 is 1.12 bits per heavy atom. The van der Waals surface area contributed by atoms with E-state index in [0.717, 1.165) is 12.8 Å². The lowest BCUT2D eigenvalue weighted by Gasteiger charge is -2.31. The van der Waals surface area contributed by atoms with Gasteiger partial charge in [0.25, 0.3) is 5.91 Å². The molecule has 2 heterocycles. The number of urea groups is 1. The molecule has 0 radical (unpaired) electrons. The predicted octanol–water partition coefficient (Wildman–Crippen LogP) is 4.35. The topological polar surface area (TPSA) is 96.4 Å². The van der Waals surface area contributed by atoms with E-state index >= 15 is 0 Å². The van der Waals surface area contributed by atoms with Crippen molar-refractivity contribution in [3.63, 3.8) is 0 Å². The van der Waals surface area contributed by atoms with Gasteiger partial charge in [-0.25, -0.2) is 9.18 Å². The second-order valence-electron chi connectivity index (χ2n) is 7.35. The predicted molar refractivity (Wildman–Crippen MR) is 120 cm³/mol. The summed E-state index contributed by atoms with van der Waals surface area (Å²) in [6, 6.07) is 12.5. The number of aromatic nitrogens is 2. The molecule has 0 unspecified atom stereocenters. The maximum atomic E-state index is 13.0. The molecule has 1 aliphatic heterocycles. The average molecular weight is 456 g/mol. The molecule has 10 heteroatoms. The van der Waals surface area contributed by atoms with Crippen LogP contribution in [0.15, 0.2) is 48.5 Å². The van der Waals surface area contributed by atoms with Gasteiger partial charge < -0.3 is 20.3 Å². The molecule has 0 aliphatic carbocycles. The molecule has 0 bridgehead atoms. The highest BCUT2D eigenvalue weighted by atomic mass is 32.1. The lowest BCUT2D eigenvalue weighted by Crippen LogP contribution is -2.41. The number of halogens is 1.